The van der Waals surface area contributed by atoms with Crippen molar-refractivity contribution in [1.29, 1.82) is 5.26 Å². The third-order valence-electron chi connectivity index (χ3n) is 1.90. The summed E-state index contributed by atoms with van der Waals surface area (Å²) in [6, 6.07) is 5.05. The van der Waals surface area contributed by atoms with E-state index in [2.05, 4.69) is 15.9 Å². The fourth-order valence-electron chi connectivity index (χ4n) is 1.09. The molecule has 0 spiro atoms. The van der Waals surface area contributed by atoms with Crippen molar-refractivity contribution in [3.8, 4) is 6.07 Å². The molecule has 1 aromatic rings. The molecule has 0 unspecified atom stereocenters. The summed E-state index contributed by atoms with van der Waals surface area (Å²) in [5.74, 6) is -0.540. The standard InChI is InChI=1S/C10H9BrN2O2/c1-6-8(10(14)15-3-2-12)4-7(11)5-9(6)13/h4-5H,3,13H2,1H3. The van der Waals surface area contributed by atoms with Crippen molar-refractivity contribution in [2.24, 2.45) is 0 Å². The van der Waals surface area contributed by atoms with Crippen LogP contribution in [-0.2, 0) is 4.74 Å². The minimum Gasteiger partial charge on any atom is -0.447 e. The molecule has 1 rings (SSSR count). The van der Waals surface area contributed by atoms with Gasteiger partial charge in [0.05, 0.1) is 5.56 Å². The minimum absolute atomic E-state index is 0.259. The minimum atomic E-state index is -0.540. The number of carbonyl (C=O) groups excluding carboxylic acids is 1. The molecule has 0 fully saturated rings. The summed E-state index contributed by atoms with van der Waals surface area (Å²) in [5, 5.41) is 8.28. The molecule has 5 heteroatoms. The number of halogens is 1. The highest BCUT2D eigenvalue weighted by Crippen LogP contribution is 2.23. The van der Waals surface area contributed by atoms with E-state index < -0.39 is 5.97 Å². The van der Waals surface area contributed by atoms with Gasteiger partial charge in [-0.1, -0.05) is 15.9 Å². The van der Waals surface area contributed by atoms with Gasteiger partial charge in [0.15, 0.2) is 6.61 Å². The zero-order chi connectivity index (χ0) is 11.4. The Morgan fingerprint density at radius 3 is 2.93 bits per heavy atom. The predicted octanol–water partition coefficient (Wildman–Crippen LogP) is 2.02. The Balaban J connectivity index is 3.04. The molecule has 15 heavy (non-hydrogen) atoms. The molecule has 1 aromatic carbocycles. The summed E-state index contributed by atoms with van der Waals surface area (Å²) in [4.78, 5) is 11.5. The van der Waals surface area contributed by atoms with Gasteiger partial charge in [0.1, 0.15) is 6.07 Å². The highest BCUT2D eigenvalue weighted by atomic mass is 79.9. The lowest BCUT2D eigenvalue weighted by atomic mass is 10.1. The first-order valence-electron chi connectivity index (χ1n) is 4.16. The first-order valence-corrected chi connectivity index (χ1v) is 4.95. The number of esters is 1. The number of carbonyl (C=O) groups is 1. The van der Waals surface area contributed by atoms with Gasteiger partial charge in [-0.2, -0.15) is 5.26 Å². The molecule has 0 aliphatic heterocycles. The van der Waals surface area contributed by atoms with Gasteiger partial charge in [0.2, 0.25) is 0 Å². The number of nitrogens with zero attached hydrogens (tertiary/aromatic N) is 1. The maximum absolute atomic E-state index is 11.5. The highest BCUT2D eigenvalue weighted by molar-refractivity contribution is 9.10. The summed E-state index contributed by atoms with van der Waals surface area (Å²) in [6.07, 6.45) is 0. The maximum Gasteiger partial charge on any atom is 0.339 e. The van der Waals surface area contributed by atoms with Crippen LogP contribution in [0, 0.1) is 18.3 Å². The highest BCUT2D eigenvalue weighted by Gasteiger charge is 2.13. The lowest BCUT2D eigenvalue weighted by molar-refractivity contribution is 0.0554. The number of benzene rings is 1. The van der Waals surface area contributed by atoms with Gasteiger partial charge in [-0.25, -0.2) is 4.79 Å². The van der Waals surface area contributed by atoms with E-state index in [1.165, 1.54) is 0 Å². The summed E-state index contributed by atoms with van der Waals surface area (Å²) in [7, 11) is 0. The summed E-state index contributed by atoms with van der Waals surface area (Å²) in [5.41, 5.74) is 7.22. The molecule has 4 nitrogen and oxygen atoms in total. The van der Waals surface area contributed by atoms with Crippen LogP contribution in [0.5, 0.6) is 0 Å². The van der Waals surface area contributed by atoms with Gasteiger partial charge < -0.3 is 10.5 Å². The first kappa shape index (κ1) is 11.5. The van der Waals surface area contributed by atoms with E-state index in [9.17, 15) is 4.79 Å². The number of hydrogen-bond acceptors (Lipinski definition) is 4. The predicted molar refractivity (Wildman–Crippen MR) is 59.2 cm³/mol. The second-order valence-electron chi connectivity index (χ2n) is 2.90. The zero-order valence-corrected chi connectivity index (χ0v) is 9.67. The molecule has 0 amide bonds. The van der Waals surface area contributed by atoms with Crippen LogP contribution in [0.2, 0.25) is 0 Å². The van der Waals surface area contributed by atoms with E-state index in [1.54, 1.807) is 25.1 Å². The van der Waals surface area contributed by atoms with Gasteiger partial charge in [-0.05, 0) is 24.6 Å². The van der Waals surface area contributed by atoms with Crippen molar-refractivity contribution >= 4 is 27.6 Å². The number of ether oxygens (including phenoxy) is 1. The molecule has 0 aliphatic carbocycles. The normalized spacial score (nSPS) is 9.40. The fourth-order valence-corrected chi connectivity index (χ4v) is 1.56. The van der Waals surface area contributed by atoms with Crippen molar-refractivity contribution < 1.29 is 9.53 Å². The van der Waals surface area contributed by atoms with Gasteiger partial charge in [-0.3, -0.25) is 0 Å². The number of rotatable bonds is 2. The van der Waals surface area contributed by atoms with Gasteiger partial charge in [0, 0.05) is 10.2 Å². The van der Waals surface area contributed by atoms with Crippen molar-refractivity contribution in [3.05, 3.63) is 27.7 Å². The summed E-state index contributed by atoms with van der Waals surface area (Å²) in [6.45, 7) is 1.47. The molecule has 78 valence electrons. The second-order valence-corrected chi connectivity index (χ2v) is 3.82. The SMILES string of the molecule is Cc1c(N)cc(Br)cc1C(=O)OCC#N. The number of nitrogen functional groups attached to an aromatic ring is 1. The van der Waals surface area contributed by atoms with Gasteiger partial charge >= 0.3 is 5.97 Å². The first-order chi connectivity index (χ1) is 7.06. The van der Waals surface area contributed by atoms with Gasteiger partial charge in [0.25, 0.3) is 0 Å². The van der Waals surface area contributed by atoms with Crippen LogP contribution in [0.4, 0.5) is 5.69 Å². The van der Waals surface area contributed by atoms with Crippen LogP contribution in [0.3, 0.4) is 0 Å². The largest absolute Gasteiger partial charge is 0.447 e. The topological polar surface area (TPSA) is 76.1 Å². The molecule has 0 atom stereocenters. The molecule has 0 saturated carbocycles. The Labute approximate surface area is 95.8 Å². The third kappa shape index (κ3) is 2.70. The van der Waals surface area contributed by atoms with Crippen LogP contribution in [-0.4, -0.2) is 12.6 Å². The van der Waals surface area contributed by atoms with Crippen molar-refractivity contribution in [2.75, 3.05) is 12.3 Å². The van der Waals surface area contributed by atoms with Crippen LogP contribution < -0.4 is 5.73 Å². The Morgan fingerprint density at radius 2 is 2.33 bits per heavy atom. The molecule has 2 N–H and O–H groups in total. The third-order valence-corrected chi connectivity index (χ3v) is 2.36. The Bertz CT molecular complexity index is 438. The number of nitriles is 1. The molecule has 0 aliphatic rings. The molecule has 0 saturated heterocycles. The summed E-state index contributed by atoms with van der Waals surface area (Å²) < 4.78 is 5.39. The van der Waals surface area contributed by atoms with E-state index in [0.29, 0.717) is 21.3 Å². The second kappa shape index (κ2) is 4.80. The van der Waals surface area contributed by atoms with E-state index >= 15 is 0 Å². The van der Waals surface area contributed by atoms with Crippen molar-refractivity contribution in [1.82, 2.24) is 0 Å². The number of hydrogen-bond donors (Lipinski definition) is 1. The smallest absolute Gasteiger partial charge is 0.339 e. The monoisotopic (exact) mass is 268 g/mol. The molecular formula is C10H9BrN2O2. The Kier molecular flexibility index (Phi) is 3.69. The van der Waals surface area contributed by atoms with Crippen LogP contribution in [0.15, 0.2) is 16.6 Å². The quantitative estimate of drug-likeness (QED) is 0.658. The van der Waals surface area contributed by atoms with Crippen LogP contribution >= 0.6 is 15.9 Å². The van der Waals surface area contributed by atoms with Crippen LogP contribution in [0.1, 0.15) is 15.9 Å². The van der Waals surface area contributed by atoms with Crippen molar-refractivity contribution in [2.45, 2.75) is 6.92 Å². The van der Waals surface area contributed by atoms with E-state index in [1.807, 2.05) is 0 Å². The van der Waals surface area contributed by atoms with E-state index in [4.69, 9.17) is 15.7 Å². The lowest BCUT2D eigenvalue weighted by Gasteiger charge is -2.07. The maximum atomic E-state index is 11.5. The van der Waals surface area contributed by atoms with E-state index in [-0.39, 0.29) is 6.61 Å². The Hall–Kier alpha value is -1.54. The average Bonchev–Trinajstić information content (AvgIpc) is 2.19. The molecule has 0 aromatic heterocycles. The van der Waals surface area contributed by atoms with Crippen molar-refractivity contribution in [3.63, 3.8) is 0 Å². The molecular weight excluding hydrogens is 260 g/mol. The molecule has 0 heterocycles. The van der Waals surface area contributed by atoms with Gasteiger partial charge in [-0.15, -0.1) is 0 Å². The average molecular weight is 269 g/mol. The van der Waals surface area contributed by atoms with Crippen LogP contribution in [0.25, 0.3) is 0 Å². The molecule has 0 bridgehead atoms. The van der Waals surface area contributed by atoms with E-state index in [0.717, 1.165) is 0 Å². The fraction of sp³-hybridized carbons (Fsp3) is 0.200. The number of anilines is 1. The Morgan fingerprint density at radius 1 is 1.67 bits per heavy atom. The number of nitrogens with two attached hydrogens (primary N) is 1. The lowest BCUT2D eigenvalue weighted by Crippen LogP contribution is -2.08. The summed E-state index contributed by atoms with van der Waals surface area (Å²) >= 11 is 3.23. The molecule has 0 radical (unpaired) electrons. The zero-order valence-electron chi connectivity index (χ0n) is 8.08.